The van der Waals surface area contributed by atoms with Crippen LogP contribution in [0.2, 0.25) is 0 Å². The van der Waals surface area contributed by atoms with E-state index in [-0.39, 0.29) is 30.2 Å². The molecule has 0 bridgehead atoms. The van der Waals surface area contributed by atoms with Crippen molar-refractivity contribution in [3.63, 3.8) is 0 Å². The first-order valence-corrected chi connectivity index (χ1v) is 10.2. The smallest absolute Gasteiger partial charge is 0.323 e. The SMILES string of the molecule is Cn1cc(S(=O)(=O)N2CCCN(C(=O)Nc3ccc(C(F)(F)F)cc3)CC2)cn1. The minimum Gasteiger partial charge on any atom is -0.323 e. The molecule has 0 aliphatic carbocycles. The minimum atomic E-state index is -4.45. The summed E-state index contributed by atoms with van der Waals surface area (Å²) in [5, 5.41) is 6.42. The molecule has 2 heterocycles. The Morgan fingerprint density at radius 3 is 2.38 bits per heavy atom. The van der Waals surface area contributed by atoms with Gasteiger partial charge in [0.15, 0.2) is 0 Å². The van der Waals surface area contributed by atoms with Gasteiger partial charge in [0.2, 0.25) is 10.0 Å². The van der Waals surface area contributed by atoms with Crippen LogP contribution >= 0.6 is 0 Å². The van der Waals surface area contributed by atoms with E-state index in [9.17, 15) is 26.4 Å². The van der Waals surface area contributed by atoms with Crippen molar-refractivity contribution in [1.82, 2.24) is 19.0 Å². The maximum absolute atomic E-state index is 12.7. The van der Waals surface area contributed by atoms with Gasteiger partial charge < -0.3 is 10.2 Å². The summed E-state index contributed by atoms with van der Waals surface area (Å²) in [6.45, 7) is 0.844. The Labute approximate surface area is 165 Å². The van der Waals surface area contributed by atoms with E-state index in [2.05, 4.69) is 10.4 Å². The van der Waals surface area contributed by atoms with E-state index in [1.165, 1.54) is 38.4 Å². The summed E-state index contributed by atoms with van der Waals surface area (Å²) in [6, 6.07) is 3.64. The molecule has 2 aromatic rings. The van der Waals surface area contributed by atoms with Crippen LogP contribution in [-0.2, 0) is 23.2 Å². The van der Waals surface area contributed by atoms with E-state index in [0.717, 1.165) is 12.1 Å². The summed E-state index contributed by atoms with van der Waals surface area (Å²) in [5.41, 5.74) is -0.575. The van der Waals surface area contributed by atoms with Crippen LogP contribution in [-0.4, -0.2) is 59.6 Å². The lowest BCUT2D eigenvalue weighted by molar-refractivity contribution is -0.137. The Morgan fingerprint density at radius 1 is 1.10 bits per heavy atom. The number of carbonyl (C=O) groups is 1. The average Bonchev–Trinajstić information content (AvgIpc) is 2.94. The molecule has 158 valence electrons. The normalized spacial score (nSPS) is 16.5. The number of aryl methyl sites for hydroxylation is 1. The number of aromatic nitrogens is 2. The summed E-state index contributed by atoms with van der Waals surface area (Å²) < 4.78 is 66.0. The fourth-order valence-electron chi connectivity index (χ4n) is 2.96. The van der Waals surface area contributed by atoms with Gasteiger partial charge in [-0.15, -0.1) is 0 Å². The van der Waals surface area contributed by atoms with Crippen LogP contribution in [0.15, 0.2) is 41.6 Å². The van der Waals surface area contributed by atoms with Gasteiger partial charge in [0.1, 0.15) is 4.90 Å². The van der Waals surface area contributed by atoms with E-state index in [0.29, 0.717) is 13.0 Å². The average molecular weight is 431 g/mol. The molecule has 0 atom stereocenters. The fourth-order valence-corrected chi connectivity index (χ4v) is 4.42. The second kappa shape index (κ2) is 8.03. The summed E-state index contributed by atoms with van der Waals surface area (Å²) >= 11 is 0. The third-order valence-electron chi connectivity index (χ3n) is 4.52. The number of nitrogens with zero attached hydrogens (tertiary/aromatic N) is 4. The number of benzene rings is 1. The molecule has 29 heavy (non-hydrogen) atoms. The van der Waals surface area contributed by atoms with Gasteiger partial charge in [-0.1, -0.05) is 0 Å². The number of rotatable bonds is 3. The lowest BCUT2D eigenvalue weighted by Crippen LogP contribution is -2.39. The van der Waals surface area contributed by atoms with Gasteiger partial charge >= 0.3 is 12.2 Å². The molecule has 8 nitrogen and oxygen atoms in total. The molecule has 1 fully saturated rings. The standard InChI is InChI=1S/C17H20F3N5O3S/c1-23-12-15(11-21-23)29(27,28)25-8-2-7-24(9-10-25)16(26)22-14-5-3-13(4-6-14)17(18,19)20/h3-6,11-12H,2,7-10H2,1H3,(H,22,26). The number of amides is 2. The Bertz CT molecular complexity index is 973. The quantitative estimate of drug-likeness (QED) is 0.808. The largest absolute Gasteiger partial charge is 0.416 e. The predicted molar refractivity (Wildman–Crippen MR) is 98.6 cm³/mol. The van der Waals surface area contributed by atoms with E-state index in [1.54, 1.807) is 7.05 Å². The molecular formula is C17H20F3N5O3S. The molecule has 1 saturated heterocycles. The first-order valence-electron chi connectivity index (χ1n) is 8.79. The van der Waals surface area contributed by atoms with Crippen molar-refractivity contribution in [2.75, 3.05) is 31.5 Å². The highest BCUT2D eigenvalue weighted by Crippen LogP contribution is 2.29. The highest BCUT2D eigenvalue weighted by atomic mass is 32.2. The molecule has 3 rings (SSSR count). The van der Waals surface area contributed by atoms with Gasteiger partial charge in [0.25, 0.3) is 0 Å². The number of halogens is 3. The van der Waals surface area contributed by atoms with Crippen molar-refractivity contribution in [1.29, 1.82) is 0 Å². The van der Waals surface area contributed by atoms with Gasteiger partial charge in [0.05, 0.1) is 11.8 Å². The lowest BCUT2D eigenvalue weighted by atomic mass is 10.2. The van der Waals surface area contributed by atoms with Crippen molar-refractivity contribution < 1.29 is 26.4 Å². The predicted octanol–water partition coefficient (Wildman–Crippen LogP) is 2.37. The summed E-state index contributed by atoms with van der Waals surface area (Å²) in [4.78, 5) is 14.0. The molecule has 0 spiro atoms. The van der Waals surface area contributed by atoms with Crippen molar-refractivity contribution in [3.8, 4) is 0 Å². The number of nitrogens with one attached hydrogen (secondary N) is 1. The lowest BCUT2D eigenvalue weighted by Gasteiger charge is -2.22. The second-order valence-electron chi connectivity index (χ2n) is 6.60. The number of alkyl halides is 3. The van der Waals surface area contributed by atoms with Gasteiger partial charge in [-0.25, -0.2) is 13.2 Å². The van der Waals surface area contributed by atoms with E-state index in [4.69, 9.17) is 0 Å². The topological polar surface area (TPSA) is 87.5 Å². The highest BCUT2D eigenvalue weighted by Gasteiger charge is 2.31. The molecule has 2 amide bonds. The van der Waals surface area contributed by atoms with E-state index >= 15 is 0 Å². The molecule has 0 radical (unpaired) electrons. The van der Waals surface area contributed by atoms with E-state index < -0.39 is 27.8 Å². The van der Waals surface area contributed by atoms with Crippen molar-refractivity contribution in [2.24, 2.45) is 7.05 Å². The Morgan fingerprint density at radius 2 is 1.79 bits per heavy atom. The van der Waals surface area contributed by atoms with Crippen LogP contribution in [0, 0.1) is 0 Å². The van der Waals surface area contributed by atoms with Crippen LogP contribution < -0.4 is 5.32 Å². The zero-order valence-electron chi connectivity index (χ0n) is 15.6. The van der Waals surface area contributed by atoms with Gasteiger partial charge in [-0.3, -0.25) is 4.68 Å². The first kappa shape index (κ1) is 21.1. The number of urea groups is 1. The number of hydrogen-bond acceptors (Lipinski definition) is 4. The summed E-state index contributed by atoms with van der Waals surface area (Å²) in [5.74, 6) is 0. The monoisotopic (exact) mass is 431 g/mol. The zero-order chi connectivity index (χ0) is 21.2. The molecule has 0 saturated carbocycles. The fraction of sp³-hybridized carbons (Fsp3) is 0.412. The summed E-state index contributed by atoms with van der Waals surface area (Å²) in [6.07, 6.45) is -1.33. The van der Waals surface area contributed by atoms with Gasteiger partial charge in [-0.2, -0.15) is 22.6 Å². The zero-order valence-corrected chi connectivity index (χ0v) is 16.4. The number of sulfonamides is 1. The van der Waals surface area contributed by atoms with E-state index in [1.807, 2.05) is 0 Å². The van der Waals surface area contributed by atoms with Crippen LogP contribution in [0.3, 0.4) is 0 Å². The third kappa shape index (κ3) is 4.88. The maximum atomic E-state index is 12.7. The minimum absolute atomic E-state index is 0.0858. The summed E-state index contributed by atoms with van der Waals surface area (Å²) in [7, 11) is -2.09. The molecule has 12 heteroatoms. The third-order valence-corrected chi connectivity index (χ3v) is 6.38. The van der Waals surface area contributed by atoms with Crippen LogP contribution in [0.1, 0.15) is 12.0 Å². The Hall–Kier alpha value is -2.60. The van der Waals surface area contributed by atoms with Crippen molar-refractivity contribution in [2.45, 2.75) is 17.5 Å². The first-order chi connectivity index (χ1) is 13.6. The molecule has 1 aliphatic heterocycles. The Kier molecular flexibility index (Phi) is 5.85. The second-order valence-corrected chi connectivity index (χ2v) is 8.54. The number of carbonyl (C=O) groups excluding carboxylic acids is 1. The molecule has 1 aromatic heterocycles. The molecule has 0 unspecified atom stereocenters. The molecule has 1 N–H and O–H groups in total. The number of anilines is 1. The van der Waals surface area contributed by atoms with Gasteiger partial charge in [0, 0.05) is 45.1 Å². The van der Waals surface area contributed by atoms with Crippen LogP contribution in [0.5, 0.6) is 0 Å². The van der Waals surface area contributed by atoms with Crippen LogP contribution in [0.25, 0.3) is 0 Å². The van der Waals surface area contributed by atoms with Crippen molar-refractivity contribution in [3.05, 3.63) is 42.2 Å². The van der Waals surface area contributed by atoms with Crippen molar-refractivity contribution >= 4 is 21.7 Å². The molecule has 1 aliphatic rings. The molecular weight excluding hydrogens is 411 g/mol. The molecule has 1 aromatic carbocycles. The number of hydrogen-bond donors (Lipinski definition) is 1. The van der Waals surface area contributed by atoms with Crippen LogP contribution in [0.4, 0.5) is 23.7 Å². The highest BCUT2D eigenvalue weighted by molar-refractivity contribution is 7.89. The Balaban J connectivity index is 1.62. The maximum Gasteiger partial charge on any atom is 0.416 e. The van der Waals surface area contributed by atoms with Gasteiger partial charge in [-0.05, 0) is 30.7 Å².